The second-order valence-electron chi connectivity index (χ2n) is 8.08. The van der Waals surface area contributed by atoms with E-state index < -0.39 is 6.04 Å². The van der Waals surface area contributed by atoms with Gasteiger partial charge in [-0.3, -0.25) is 14.3 Å². The topological polar surface area (TPSA) is 93.8 Å². The van der Waals surface area contributed by atoms with Gasteiger partial charge in [0.15, 0.2) is 0 Å². The number of hydrogen-bond donors (Lipinski definition) is 2. The quantitative estimate of drug-likeness (QED) is 0.405. The number of aromatic nitrogens is 4. The van der Waals surface area contributed by atoms with Crippen LogP contribution in [0.2, 0.25) is 5.02 Å². The normalized spacial score (nSPS) is 11.8. The number of aryl methyl sites for hydroxylation is 2. The molecule has 2 heterocycles. The molecule has 2 aromatic carbocycles. The maximum atomic E-state index is 12.8. The third-order valence-corrected chi connectivity index (χ3v) is 5.84. The molecule has 1 atom stereocenters. The molecule has 174 valence electrons. The summed E-state index contributed by atoms with van der Waals surface area (Å²) in [7, 11) is 0. The number of para-hydroxylation sites is 1. The minimum absolute atomic E-state index is 0.242. The van der Waals surface area contributed by atoms with E-state index >= 15 is 0 Å². The van der Waals surface area contributed by atoms with E-state index in [1.807, 2.05) is 57.2 Å². The first kappa shape index (κ1) is 23.3. The van der Waals surface area contributed by atoms with Crippen LogP contribution in [0.25, 0.3) is 5.69 Å². The third-order valence-electron chi connectivity index (χ3n) is 5.53. The van der Waals surface area contributed by atoms with Crippen molar-refractivity contribution in [1.82, 2.24) is 19.6 Å². The first-order valence-corrected chi connectivity index (χ1v) is 11.2. The Balaban J connectivity index is 1.45. The molecule has 4 rings (SSSR count). The van der Waals surface area contributed by atoms with Crippen LogP contribution in [-0.2, 0) is 4.79 Å². The molecule has 0 unspecified atom stereocenters. The highest BCUT2D eigenvalue weighted by atomic mass is 35.5. The van der Waals surface area contributed by atoms with Gasteiger partial charge in [0.2, 0.25) is 5.91 Å². The largest absolute Gasteiger partial charge is 0.323 e. The molecule has 2 N–H and O–H groups in total. The van der Waals surface area contributed by atoms with E-state index in [-0.39, 0.29) is 11.8 Å². The van der Waals surface area contributed by atoms with E-state index in [9.17, 15) is 9.59 Å². The molecule has 2 aromatic heterocycles. The second-order valence-corrected chi connectivity index (χ2v) is 8.48. The van der Waals surface area contributed by atoms with E-state index in [4.69, 9.17) is 11.6 Å². The van der Waals surface area contributed by atoms with Crippen molar-refractivity contribution in [3.63, 3.8) is 0 Å². The minimum atomic E-state index is -0.506. The van der Waals surface area contributed by atoms with Gasteiger partial charge >= 0.3 is 0 Å². The molecule has 0 saturated carbocycles. The molecule has 34 heavy (non-hydrogen) atoms. The number of nitrogens with zero attached hydrogens (tertiary/aromatic N) is 4. The van der Waals surface area contributed by atoms with Crippen LogP contribution in [-0.4, -0.2) is 31.4 Å². The van der Waals surface area contributed by atoms with Crippen LogP contribution in [0.3, 0.4) is 0 Å². The summed E-state index contributed by atoms with van der Waals surface area (Å²) in [4.78, 5) is 25.6. The number of carbonyl (C=O) groups is 2. The number of hydrogen-bond acceptors (Lipinski definition) is 4. The lowest BCUT2D eigenvalue weighted by Gasteiger charge is -2.16. The lowest BCUT2D eigenvalue weighted by Crippen LogP contribution is -2.25. The van der Waals surface area contributed by atoms with E-state index in [1.165, 1.54) is 6.20 Å². The lowest BCUT2D eigenvalue weighted by molar-refractivity contribution is -0.119. The fraction of sp³-hybridized carbons (Fsp3) is 0.200. The number of carbonyl (C=O) groups excluding carboxylic acids is 2. The highest BCUT2D eigenvalue weighted by molar-refractivity contribution is 6.34. The van der Waals surface area contributed by atoms with Crippen LogP contribution in [0.4, 0.5) is 11.4 Å². The van der Waals surface area contributed by atoms with Gasteiger partial charge in [-0.25, -0.2) is 4.68 Å². The van der Waals surface area contributed by atoms with Gasteiger partial charge in [0.1, 0.15) is 6.04 Å². The number of amides is 2. The molecular formula is C25H25ClN6O2. The van der Waals surface area contributed by atoms with E-state index in [1.54, 1.807) is 34.5 Å². The van der Waals surface area contributed by atoms with Crippen LogP contribution in [0.15, 0.2) is 60.8 Å². The van der Waals surface area contributed by atoms with Crippen molar-refractivity contribution in [2.75, 3.05) is 10.6 Å². The van der Waals surface area contributed by atoms with Crippen molar-refractivity contribution in [3.8, 4) is 5.69 Å². The molecule has 0 bridgehead atoms. The second kappa shape index (κ2) is 9.52. The number of rotatable bonds is 6. The Kier molecular flexibility index (Phi) is 6.51. The van der Waals surface area contributed by atoms with Crippen LogP contribution in [0.1, 0.15) is 40.4 Å². The van der Waals surface area contributed by atoms with Crippen LogP contribution >= 0.6 is 11.6 Å². The summed E-state index contributed by atoms with van der Waals surface area (Å²) < 4.78 is 3.38. The van der Waals surface area contributed by atoms with Gasteiger partial charge in [0.25, 0.3) is 5.91 Å². The molecule has 8 nitrogen and oxygen atoms in total. The van der Waals surface area contributed by atoms with Crippen LogP contribution < -0.4 is 10.6 Å². The molecule has 0 aliphatic heterocycles. The van der Waals surface area contributed by atoms with Gasteiger partial charge < -0.3 is 10.6 Å². The van der Waals surface area contributed by atoms with E-state index in [2.05, 4.69) is 20.8 Å². The summed E-state index contributed by atoms with van der Waals surface area (Å²) >= 11 is 6.40. The first-order valence-electron chi connectivity index (χ1n) is 10.8. The Morgan fingerprint density at radius 2 is 1.74 bits per heavy atom. The fourth-order valence-electron chi connectivity index (χ4n) is 3.74. The van der Waals surface area contributed by atoms with Gasteiger partial charge in [-0.2, -0.15) is 10.2 Å². The van der Waals surface area contributed by atoms with Crippen molar-refractivity contribution >= 4 is 34.8 Å². The zero-order chi connectivity index (χ0) is 24.4. The first-order chi connectivity index (χ1) is 16.2. The Hall–Kier alpha value is -3.91. The molecule has 0 spiro atoms. The number of nitrogens with one attached hydrogen (secondary N) is 2. The van der Waals surface area contributed by atoms with Gasteiger partial charge in [0, 0.05) is 11.4 Å². The van der Waals surface area contributed by atoms with Crippen LogP contribution in [0.5, 0.6) is 0 Å². The highest BCUT2D eigenvalue weighted by Crippen LogP contribution is 2.27. The molecule has 4 aromatic rings. The molecule has 2 amide bonds. The molecule has 9 heteroatoms. The smallest absolute Gasteiger partial charge is 0.259 e. The SMILES string of the molecule is Cc1cc(C)n([C@@H](C)C(=O)Nc2ccc(NC(=O)c3cnn(-c4ccccc4)c3C)cc2Cl)n1. The molecule has 0 radical (unpaired) electrons. The van der Waals surface area contributed by atoms with Crippen LogP contribution in [0, 0.1) is 20.8 Å². The standard InChI is InChI=1S/C25H25ClN6O2/c1-15-12-16(2)31(30-15)18(4)24(33)29-23-11-10-19(13-22(23)26)28-25(34)21-14-27-32(17(21)3)20-8-6-5-7-9-20/h5-14,18H,1-4H3,(H,28,34)(H,29,33)/t18-/m0/s1. The maximum Gasteiger partial charge on any atom is 0.259 e. The Bertz CT molecular complexity index is 1360. The number of anilines is 2. The molecule has 0 fully saturated rings. The summed E-state index contributed by atoms with van der Waals surface area (Å²) in [6, 6.07) is 15.9. The van der Waals surface area contributed by atoms with Crippen molar-refractivity contribution in [2.45, 2.75) is 33.7 Å². The molecule has 0 saturated heterocycles. The molecule has 0 aliphatic carbocycles. The van der Waals surface area contributed by atoms with Crippen molar-refractivity contribution in [3.05, 3.63) is 88.5 Å². The number of benzene rings is 2. The van der Waals surface area contributed by atoms with Crippen molar-refractivity contribution < 1.29 is 9.59 Å². The summed E-state index contributed by atoms with van der Waals surface area (Å²) in [5, 5.41) is 14.7. The summed E-state index contributed by atoms with van der Waals surface area (Å²) in [5.41, 5.74) is 4.75. The highest BCUT2D eigenvalue weighted by Gasteiger charge is 2.20. The fourth-order valence-corrected chi connectivity index (χ4v) is 3.97. The Morgan fingerprint density at radius 1 is 1.00 bits per heavy atom. The third kappa shape index (κ3) is 4.72. The van der Waals surface area contributed by atoms with Crippen molar-refractivity contribution in [2.24, 2.45) is 0 Å². The zero-order valence-electron chi connectivity index (χ0n) is 19.3. The Labute approximate surface area is 202 Å². The summed E-state index contributed by atoms with van der Waals surface area (Å²) in [6.07, 6.45) is 1.54. The Morgan fingerprint density at radius 3 is 2.38 bits per heavy atom. The average molecular weight is 477 g/mol. The van der Waals surface area contributed by atoms with E-state index in [0.717, 1.165) is 22.8 Å². The van der Waals surface area contributed by atoms with E-state index in [0.29, 0.717) is 22.0 Å². The van der Waals surface area contributed by atoms with Gasteiger partial charge in [-0.15, -0.1) is 0 Å². The predicted octanol–water partition coefficient (Wildman–Crippen LogP) is 5.10. The van der Waals surface area contributed by atoms with Gasteiger partial charge in [-0.05, 0) is 64.1 Å². The monoisotopic (exact) mass is 476 g/mol. The zero-order valence-corrected chi connectivity index (χ0v) is 20.1. The summed E-state index contributed by atoms with van der Waals surface area (Å²) in [6.45, 7) is 7.39. The van der Waals surface area contributed by atoms with Gasteiger partial charge in [-0.1, -0.05) is 29.8 Å². The predicted molar refractivity (Wildman–Crippen MR) is 133 cm³/mol. The number of halogens is 1. The average Bonchev–Trinajstić information content (AvgIpc) is 3.36. The minimum Gasteiger partial charge on any atom is -0.323 e. The lowest BCUT2D eigenvalue weighted by atomic mass is 10.2. The summed E-state index contributed by atoms with van der Waals surface area (Å²) in [5.74, 6) is -0.542. The molecule has 0 aliphatic rings. The maximum absolute atomic E-state index is 12.8. The molecular weight excluding hydrogens is 452 g/mol. The van der Waals surface area contributed by atoms with Gasteiger partial charge in [0.05, 0.1) is 39.5 Å². The van der Waals surface area contributed by atoms with Crippen molar-refractivity contribution in [1.29, 1.82) is 0 Å².